The highest BCUT2D eigenvalue weighted by atomic mass is 32.1. The van der Waals surface area contributed by atoms with Crippen molar-refractivity contribution in [3.8, 4) is 0 Å². The Bertz CT molecular complexity index is 1240. The topological polar surface area (TPSA) is 92.5 Å². The lowest BCUT2D eigenvalue weighted by atomic mass is 10.1. The average molecular weight is 524 g/mol. The van der Waals surface area contributed by atoms with Crippen LogP contribution in [0.5, 0.6) is 0 Å². The van der Waals surface area contributed by atoms with E-state index in [0.29, 0.717) is 27.3 Å². The Hall–Kier alpha value is -3.04. The van der Waals surface area contributed by atoms with Crippen molar-refractivity contribution < 1.29 is 23.4 Å². The largest absolute Gasteiger partial charge is 0.364 e. The van der Waals surface area contributed by atoms with E-state index in [1.165, 1.54) is 17.6 Å². The highest BCUT2D eigenvalue weighted by Crippen LogP contribution is 2.37. The number of hydrogen-bond donors (Lipinski definition) is 1. The fourth-order valence-corrected chi connectivity index (χ4v) is 6.86. The fraction of sp³-hybridized carbons (Fsp3) is 0.500. The Kier molecular flexibility index (Phi) is 8.00. The first-order valence-corrected chi connectivity index (χ1v) is 14.2. The number of benzene rings is 1. The van der Waals surface area contributed by atoms with E-state index in [-0.39, 0.29) is 30.6 Å². The van der Waals surface area contributed by atoms with E-state index in [0.717, 1.165) is 81.2 Å². The van der Waals surface area contributed by atoms with E-state index in [9.17, 15) is 14.4 Å². The maximum Gasteiger partial charge on any atom is 0.279 e. The Morgan fingerprint density at radius 2 is 1.68 bits per heavy atom. The highest BCUT2D eigenvalue weighted by molar-refractivity contribution is 7.21. The van der Waals surface area contributed by atoms with Gasteiger partial charge in [0.2, 0.25) is 0 Å². The SMILES string of the molecule is O=C(Cc1ccon1)C[N+]1(CC(=O)Nc2c(C(=O)N3CCCCC3)sc3ccccc23)CCCCCC1. The zero-order chi connectivity index (χ0) is 25.7. The van der Waals surface area contributed by atoms with E-state index in [4.69, 9.17) is 4.52 Å². The molecule has 37 heavy (non-hydrogen) atoms. The van der Waals surface area contributed by atoms with Crippen LogP contribution in [0.15, 0.2) is 41.1 Å². The molecule has 2 aliphatic heterocycles. The Morgan fingerprint density at radius 3 is 2.41 bits per heavy atom. The number of aromatic nitrogens is 1. The summed E-state index contributed by atoms with van der Waals surface area (Å²) >= 11 is 1.45. The number of ketones is 1. The van der Waals surface area contributed by atoms with Crippen LogP contribution >= 0.6 is 11.3 Å². The van der Waals surface area contributed by atoms with Crippen molar-refractivity contribution in [3.05, 3.63) is 47.2 Å². The van der Waals surface area contributed by atoms with Gasteiger partial charge in [-0.3, -0.25) is 14.4 Å². The zero-order valence-corrected chi connectivity index (χ0v) is 22.1. The van der Waals surface area contributed by atoms with Gasteiger partial charge in [0.05, 0.1) is 30.9 Å². The number of rotatable bonds is 8. The van der Waals surface area contributed by atoms with E-state index in [2.05, 4.69) is 10.5 Å². The molecule has 0 atom stereocenters. The third kappa shape index (κ3) is 6.10. The number of carbonyl (C=O) groups is 3. The lowest BCUT2D eigenvalue weighted by Gasteiger charge is -2.36. The molecule has 1 N–H and O–H groups in total. The number of nitrogens with zero attached hydrogens (tertiary/aromatic N) is 3. The van der Waals surface area contributed by atoms with Gasteiger partial charge >= 0.3 is 0 Å². The third-order valence-corrected chi connectivity index (χ3v) is 8.73. The maximum atomic E-state index is 13.6. The molecule has 3 aromatic rings. The number of Topliss-reactive ketones (excluding diaryl/α,β-unsaturated/α-hetero) is 1. The summed E-state index contributed by atoms with van der Waals surface area (Å²) in [6, 6.07) is 9.56. The van der Waals surface area contributed by atoms with Crippen LogP contribution in [0.3, 0.4) is 0 Å². The molecule has 2 aromatic heterocycles. The minimum Gasteiger partial charge on any atom is -0.364 e. The molecule has 2 saturated heterocycles. The fourth-order valence-electron chi connectivity index (χ4n) is 5.74. The number of carbonyl (C=O) groups excluding carboxylic acids is 3. The second kappa shape index (κ2) is 11.6. The number of nitrogens with one attached hydrogen (secondary N) is 1. The minimum atomic E-state index is -0.146. The summed E-state index contributed by atoms with van der Waals surface area (Å²) in [5.41, 5.74) is 1.23. The molecule has 9 heteroatoms. The number of amides is 2. The summed E-state index contributed by atoms with van der Waals surface area (Å²) in [6.07, 6.45) is 9.07. The van der Waals surface area contributed by atoms with Crippen molar-refractivity contribution in [2.24, 2.45) is 0 Å². The van der Waals surface area contributed by atoms with Crippen LogP contribution in [0.4, 0.5) is 5.69 Å². The molecular weight excluding hydrogens is 488 g/mol. The van der Waals surface area contributed by atoms with Gasteiger partial charge in [-0.1, -0.05) is 23.4 Å². The first kappa shape index (κ1) is 25.6. The summed E-state index contributed by atoms with van der Waals surface area (Å²) < 4.78 is 6.31. The Labute approximate surface area is 221 Å². The smallest absolute Gasteiger partial charge is 0.279 e. The van der Waals surface area contributed by atoms with Crippen LogP contribution in [-0.4, -0.2) is 71.4 Å². The summed E-state index contributed by atoms with van der Waals surface area (Å²) in [5, 5.41) is 7.91. The van der Waals surface area contributed by atoms with Crippen molar-refractivity contribution in [3.63, 3.8) is 0 Å². The van der Waals surface area contributed by atoms with Gasteiger partial charge in [-0.2, -0.15) is 0 Å². The number of likely N-dealkylation sites (tertiary alicyclic amines) is 2. The molecule has 1 aromatic carbocycles. The number of anilines is 1. The first-order chi connectivity index (χ1) is 18.0. The summed E-state index contributed by atoms with van der Waals surface area (Å²) in [5.74, 6) is -0.0874. The number of piperidine rings is 1. The molecule has 0 spiro atoms. The van der Waals surface area contributed by atoms with Crippen molar-refractivity contribution in [2.75, 3.05) is 44.6 Å². The maximum absolute atomic E-state index is 13.6. The number of hydrogen-bond acceptors (Lipinski definition) is 6. The van der Waals surface area contributed by atoms with Gasteiger partial charge < -0.3 is 19.2 Å². The molecule has 0 saturated carbocycles. The summed E-state index contributed by atoms with van der Waals surface area (Å²) in [7, 11) is 0. The number of thiophene rings is 1. The van der Waals surface area contributed by atoms with E-state index >= 15 is 0 Å². The molecular formula is C28H35N4O4S+. The Morgan fingerprint density at radius 1 is 0.946 bits per heavy atom. The second-order valence-corrected chi connectivity index (χ2v) is 11.5. The van der Waals surface area contributed by atoms with Crippen molar-refractivity contribution in [1.29, 1.82) is 0 Å². The first-order valence-electron chi connectivity index (χ1n) is 13.4. The molecule has 2 amide bonds. The predicted molar refractivity (Wildman–Crippen MR) is 144 cm³/mol. The van der Waals surface area contributed by atoms with Gasteiger partial charge in [-0.15, -0.1) is 11.3 Å². The molecule has 2 fully saturated rings. The number of quaternary nitrogens is 1. The van der Waals surface area contributed by atoms with Crippen LogP contribution < -0.4 is 5.32 Å². The zero-order valence-electron chi connectivity index (χ0n) is 21.2. The van der Waals surface area contributed by atoms with Crippen LogP contribution in [0.25, 0.3) is 10.1 Å². The molecule has 5 rings (SSSR count). The molecule has 196 valence electrons. The van der Waals surface area contributed by atoms with Crippen molar-refractivity contribution in [1.82, 2.24) is 10.1 Å². The van der Waals surface area contributed by atoms with Crippen molar-refractivity contribution >= 4 is 44.7 Å². The molecule has 2 aliphatic rings. The molecule has 0 bridgehead atoms. The monoisotopic (exact) mass is 523 g/mol. The molecule has 0 unspecified atom stereocenters. The summed E-state index contributed by atoms with van der Waals surface area (Å²) in [6.45, 7) is 3.61. The normalized spacial score (nSPS) is 17.9. The molecule has 4 heterocycles. The van der Waals surface area contributed by atoms with Gasteiger partial charge in [0.15, 0.2) is 12.3 Å². The minimum absolute atomic E-state index is 0.00217. The van der Waals surface area contributed by atoms with Crippen LogP contribution in [0.2, 0.25) is 0 Å². The predicted octanol–water partition coefficient (Wildman–Crippen LogP) is 4.66. The number of fused-ring (bicyclic) bond motifs is 1. The molecule has 8 nitrogen and oxygen atoms in total. The van der Waals surface area contributed by atoms with E-state index < -0.39 is 0 Å². The lowest BCUT2D eigenvalue weighted by Crippen LogP contribution is -2.55. The van der Waals surface area contributed by atoms with Crippen molar-refractivity contribution in [2.45, 2.75) is 51.4 Å². The van der Waals surface area contributed by atoms with Gasteiger partial charge in [-0.05, 0) is 51.0 Å². The van der Waals surface area contributed by atoms with Crippen LogP contribution in [0, 0.1) is 0 Å². The van der Waals surface area contributed by atoms with E-state index in [1.54, 1.807) is 6.07 Å². The van der Waals surface area contributed by atoms with Crippen LogP contribution in [0.1, 0.15) is 60.3 Å². The van der Waals surface area contributed by atoms with Gasteiger partial charge in [0, 0.05) is 29.2 Å². The van der Waals surface area contributed by atoms with Crippen LogP contribution in [-0.2, 0) is 16.0 Å². The standard InChI is InChI=1S/C28H34N4O4S/c33-22(18-21-12-17-36-30-21)19-32(15-8-1-2-9-16-32)20-25(34)29-26-23-10-4-5-11-24(23)37-27(26)28(35)31-13-6-3-7-14-31/h4-5,10-12,17H,1-3,6-9,13-16,18-20H2/p+1. The van der Waals surface area contributed by atoms with Gasteiger partial charge in [-0.25, -0.2) is 0 Å². The van der Waals surface area contributed by atoms with E-state index in [1.807, 2.05) is 29.2 Å². The quantitative estimate of drug-likeness (QED) is 0.434. The highest BCUT2D eigenvalue weighted by Gasteiger charge is 2.35. The third-order valence-electron chi connectivity index (χ3n) is 7.57. The van der Waals surface area contributed by atoms with Gasteiger partial charge in [0.1, 0.15) is 17.7 Å². The molecule has 0 aliphatic carbocycles. The summed E-state index contributed by atoms with van der Waals surface area (Å²) in [4.78, 5) is 42.6. The second-order valence-electron chi connectivity index (χ2n) is 10.4. The Balaban J connectivity index is 1.37. The van der Waals surface area contributed by atoms with Gasteiger partial charge in [0.25, 0.3) is 11.8 Å². The lowest BCUT2D eigenvalue weighted by molar-refractivity contribution is -0.912. The average Bonchev–Trinajstić information content (AvgIpc) is 3.47. The molecule has 0 radical (unpaired) electrons.